The van der Waals surface area contributed by atoms with Gasteiger partial charge >= 0.3 is 5.97 Å². The summed E-state index contributed by atoms with van der Waals surface area (Å²) in [6.07, 6.45) is 1.57. The largest absolute Gasteiger partial charge is 0.481 e. The Labute approximate surface area is 120 Å². The highest BCUT2D eigenvalue weighted by atomic mass is 16.4. The van der Waals surface area contributed by atoms with E-state index in [2.05, 4.69) is 5.32 Å². The molecule has 0 unspecified atom stereocenters. The fraction of sp³-hybridized carbons (Fsp3) is 0.500. The smallest absolute Gasteiger partial charge is 0.309 e. The van der Waals surface area contributed by atoms with Crippen LogP contribution in [0.4, 0.5) is 0 Å². The second kappa shape index (κ2) is 7.08. The van der Waals surface area contributed by atoms with Gasteiger partial charge in [0.1, 0.15) is 0 Å². The number of amides is 1. The molecule has 4 heteroatoms. The van der Waals surface area contributed by atoms with Crippen LogP contribution in [0.15, 0.2) is 24.3 Å². The first kappa shape index (κ1) is 16.2. The molecule has 1 amide bonds. The summed E-state index contributed by atoms with van der Waals surface area (Å²) in [6, 6.07) is 8.00. The molecule has 1 aromatic rings. The number of nitrogens with one attached hydrogen (secondary N) is 1. The van der Waals surface area contributed by atoms with Crippen molar-refractivity contribution in [2.24, 2.45) is 5.41 Å². The van der Waals surface area contributed by atoms with E-state index in [-0.39, 0.29) is 5.91 Å². The topological polar surface area (TPSA) is 66.4 Å². The van der Waals surface area contributed by atoms with E-state index in [4.69, 9.17) is 5.11 Å². The van der Waals surface area contributed by atoms with Gasteiger partial charge in [-0.1, -0.05) is 24.3 Å². The molecule has 0 radical (unpaired) electrons. The molecule has 0 heterocycles. The number of aryl methyl sites for hydroxylation is 2. The summed E-state index contributed by atoms with van der Waals surface area (Å²) in [5, 5.41) is 11.8. The minimum Gasteiger partial charge on any atom is -0.481 e. The number of carbonyl (C=O) groups excluding carboxylic acids is 1. The van der Waals surface area contributed by atoms with Crippen LogP contribution in [-0.2, 0) is 16.0 Å². The zero-order valence-corrected chi connectivity index (χ0v) is 12.4. The van der Waals surface area contributed by atoms with Gasteiger partial charge in [0.2, 0.25) is 5.91 Å². The molecular weight excluding hydrogens is 254 g/mol. The monoisotopic (exact) mass is 277 g/mol. The van der Waals surface area contributed by atoms with Gasteiger partial charge in [-0.05, 0) is 44.7 Å². The predicted octanol–water partition coefficient (Wildman–Crippen LogP) is 2.54. The molecule has 0 atom stereocenters. The summed E-state index contributed by atoms with van der Waals surface area (Å²) in [7, 11) is 0. The minimum absolute atomic E-state index is 0.0329. The fourth-order valence-electron chi connectivity index (χ4n) is 1.85. The lowest BCUT2D eigenvalue weighted by Gasteiger charge is -2.18. The first-order valence-corrected chi connectivity index (χ1v) is 6.87. The third kappa shape index (κ3) is 5.03. The Morgan fingerprint density at radius 1 is 1.25 bits per heavy atom. The molecule has 0 spiro atoms. The summed E-state index contributed by atoms with van der Waals surface area (Å²) >= 11 is 0. The Kier molecular flexibility index (Phi) is 5.74. The molecule has 0 aromatic heterocycles. The van der Waals surface area contributed by atoms with Gasteiger partial charge < -0.3 is 10.4 Å². The maximum atomic E-state index is 11.7. The molecule has 0 aliphatic rings. The minimum atomic E-state index is -0.841. The van der Waals surface area contributed by atoms with Gasteiger partial charge in [-0.3, -0.25) is 9.59 Å². The van der Waals surface area contributed by atoms with Gasteiger partial charge in [0.25, 0.3) is 0 Å². The molecule has 20 heavy (non-hydrogen) atoms. The van der Waals surface area contributed by atoms with Crippen LogP contribution < -0.4 is 5.32 Å². The van der Waals surface area contributed by atoms with Crippen LogP contribution in [0, 0.1) is 12.3 Å². The van der Waals surface area contributed by atoms with E-state index >= 15 is 0 Å². The van der Waals surface area contributed by atoms with Crippen molar-refractivity contribution < 1.29 is 14.7 Å². The average molecular weight is 277 g/mol. The van der Waals surface area contributed by atoms with Crippen molar-refractivity contribution in [1.29, 1.82) is 0 Å². The fourth-order valence-corrected chi connectivity index (χ4v) is 1.85. The van der Waals surface area contributed by atoms with E-state index < -0.39 is 11.4 Å². The van der Waals surface area contributed by atoms with Crippen molar-refractivity contribution in [3.8, 4) is 0 Å². The van der Waals surface area contributed by atoms with Crippen LogP contribution in [0.25, 0.3) is 0 Å². The van der Waals surface area contributed by atoms with Crippen molar-refractivity contribution in [3.63, 3.8) is 0 Å². The van der Waals surface area contributed by atoms with E-state index in [1.165, 1.54) is 11.1 Å². The Balaban J connectivity index is 2.31. The Morgan fingerprint density at radius 3 is 2.50 bits per heavy atom. The quantitative estimate of drug-likeness (QED) is 0.805. The van der Waals surface area contributed by atoms with Gasteiger partial charge in [0.15, 0.2) is 0 Å². The number of carboxylic acids is 1. The molecule has 1 aromatic carbocycles. The molecule has 0 aliphatic heterocycles. The molecule has 4 nitrogen and oxygen atoms in total. The lowest BCUT2D eigenvalue weighted by molar-refractivity contribution is -0.147. The Bertz CT molecular complexity index is 480. The lowest BCUT2D eigenvalue weighted by Crippen LogP contribution is -2.32. The average Bonchev–Trinajstić information content (AvgIpc) is 2.37. The molecular formula is C16H23NO3. The van der Waals surface area contributed by atoms with E-state index in [0.717, 1.165) is 0 Å². The van der Waals surface area contributed by atoms with E-state index in [1.807, 2.05) is 31.2 Å². The zero-order chi connectivity index (χ0) is 15.2. The second-order valence-corrected chi connectivity index (χ2v) is 5.72. The maximum Gasteiger partial charge on any atom is 0.309 e. The zero-order valence-electron chi connectivity index (χ0n) is 12.4. The Morgan fingerprint density at radius 2 is 1.90 bits per heavy atom. The second-order valence-electron chi connectivity index (χ2n) is 5.72. The van der Waals surface area contributed by atoms with Crippen molar-refractivity contribution in [3.05, 3.63) is 35.4 Å². The van der Waals surface area contributed by atoms with Crippen LogP contribution >= 0.6 is 0 Å². The van der Waals surface area contributed by atoms with Crippen LogP contribution in [0.1, 0.15) is 37.8 Å². The number of rotatable bonds is 7. The SMILES string of the molecule is Cc1ccccc1CCC(=O)NCCC(C)(C)C(=O)O. The molecule has 0 bridgehead atoms. The number of carbonyl (C=O) groups is 2. The molecule has 0 saturated heterocycles. The third-order valence-corrected chi connectivity index (χ3v) is 3.53. The summed E-state index contributed by atoms with van der Waals surface area (Å²) in [5.74, 6) is -0.874. The maximum absolute atomic E-state index is 11.7. The van der Waals surface area contributed by atoms with Crippen LogP contribution in [0.2, 0.25) is 0 Å². The molecule has 0 saturated carbocycles. The van der Waals surface area contributed by atoms with Gasteiger partial charge in [-0.2, -0.15) is 0 Å². The normalized spacial score (nSPS) is 11.2. The summed E-state index contributed by atoms with van der Waals surface area (Å²) < 4.78 is 0. The molecule has 0 fully saturated rings. The van der Waals surface area contributed by atoms with Crippen molar-refractivity contribution >= 4 is 11.9 Å². The van der Waals surface area contributed by atoms with E-state index in [1.54, 1.807) is 13.8 Å². The summed E-state index contributed by atoms with van der Waals surface area (Å²) in [4.78, 5) is 22.7. The van der Waals surface area contributed by atoms with Crippen LogP contribution in [0.5, 0.6) is 0 Å². The highest BCUT2D eigenvalue weighted by Crippen LogP contribution is 2.19. The molecule has 1 rings (SSSR count). The van der Waals surface area contributed by atoms with Gasteiger partial charge in [0, 0.05) is 13.0 Å². The van der Waals surface area contributed by atoms with Crippen molar-refractivity contribution in [2.75, 3.05) is 6.54 Å². The first-order chi connectivity index (χ1) is 9.33. The highest BCUT2D eigenvalue weighted by molar-refractivity contribution is 5.76. The van der Waals surface area contributed by atoms with Crippen molar-refractivity contribution in [1.82, 2.24) is 5.32 Å². The molecule has 110 valence electrons. The Hall–Kier alpha value is -1.84. The van der Waals surface area contributed by atoms with Gasteiger partial charge in [0.05, 0.1) is 5.41 Å². The molecule has 2 N–H and O–H groups in total. The van der Waals surface area contributed by atoms with Crippen molar-refractivity contribution in [2.45, 2.75) is 40.0 Å². The summed E-state index contributed by atoms with van der Waals surface area (Å²) in [5.41, 5.74) is 1.56. The highest BCUT2D eigenvalue weighted by Gasteiger charge is 2.26. The van der Waals surface area contributed by atoms with Gasteiger partial charge in [-0.25, -0.2) is 0 Å². The first-order valence-electron chi connectivity index (χ1n) is 6.87. The predicted molar refractivity (Wildman–Crippen MR) is 78.5 cm³/mol. The number of aliphatic carboxylic acids is 1. The summed E-state index contributed by atoms with van der Waals surface area (Å²) in [6.45, 7) is 5.75. The standard InChI is InChI=1S/C16H23NO3/c1-12-6-4-5-7-13(12)8-9-14(18)17-11-10-16(2,3)15(19)20/h4-7H,8-11H2,1-3H3,(H,17,18)(H,19,20). The lowest BCUT2D eigenvalue weighted by atomic mass is 9.90. The molecule has 0 aliphatic carbocycles. The number of hydrogen-bond acceptors (Lipinski definition) is 2. The number of carboxylic acid groups (broad SMARTS) is 1. The third-order valence-electron chi connectivity index (χ3n) is 3.53. The van der Waals surface area contributed by atoms with E-state index in [9.17, 15) is 9.59 Å². The number of benzene rings is 1. The van der Waals surface area contributed by atoms with Crippen LogP contribution in [0.3, 0.4) is 0 Å². The van der Waals surface area contributed by atoms with Gasteiger partial charge in [-0.15, -0.1) is 0 Å². The van der Waals surface area contributed by atoms with Crippen LogP contribution in [-0.4, -0.2) is 23.5 Å². The number of hydrogen-bond donors (Lipinski definition) is 2. The van der Waals surface area contributed by atoms with E-state index in [0.29, 0.717) is 25.8 Å².